The summed E-state index contributed by atoms with van der Waals surface area (Å²) in [5.41, 5.74) is 8.33. The Kier molecular flexibility index (Phi) is 3.30. The molecule has 0 aliphatic carbocycles. The molecule has 16 heavy (non-hydrogen) atoms. The van der Waals surface area contributed by atoms with E-state index in [1.807, 2.05) is 0 Å². The molecule has 0 spiro atoms. The normalized spacial score (nSPS) is 13.2. The lowest BCUT2D eigenvalue weighted by Crippen LogP contribution is -2.08. The molecule has 0 bridgehead atoms. The van der Waals surface area contributed by atoms with Crippen LogP contribution in [-0.4, -0.2) is 0 Å². The standard InChI is InChI=1S/C14H19NO/c1-3-6-12(15)13-9-11-8-5-7-10(4-2)14(11)16-13/h5,7-9,12H,3-4,6,15H2,1-2H3. The first-order valence-corrected chi connectivity index (χ1v) is 6.03. The van der Waals surface area contributed by atoms with Crippen LogP contribution in [-0.2, 0) is 6.42 Å². The van der Waals surface area contributed by atoms with Crippen molar-refractivity contribution in [3.63, 3.8) is 0 Å². The summed E-state index contributed by atoms with van der Waals surface area (Å²) in [6.45, 7) is 4.28. The molecule has 0 fully saturated rings. The van der Waals surface area contributed by atoms with Gasteiger partial charge in [0.2, 0.25) is 0 Å². The van der Waals surface area contributed by atoms with Gasteiger partial charge in [-0.1, -0.05) is 38.5 Å². The Bertz CT molecular complexity index is 473. The largest absolute Gasteiger partial charge is 0.459 e. The van der Waals surface area contributed by atoms with Gasteiger partial charge >= 0.3 is 0 Å². The third kappa shape index (κ3) is 1.98. The van der Waals surface area contributed by atoms with Crippen molar-refractivity contribution < 1.29 is 4.42 Å². The van der Waals surface area contributed by atoms with E-state index in [9.17, 15) is 0 Å². The molecule has 1 unspecified atom stereocenters. The van der Waals surface area contributed by atoms with Gasteiger partial charge in [0.1, 0.15) is 11.3 Å². The molecule has 0 aliphatic rings. The molecule has 0 aliphatic heterocycles. The van der Waals surface area contributed by atoms with E-state index < -0.39 is 0 Å². The number of furan rings is 1. The van der Waals surface area contributed by atoms with Crippen molar-refractivity contribution in [3.05, 3.63) is 35.6 Å². The third-order valence-corrected chi connectivity index (χ3v) is 2.99. The summed E-state index contributed by atoms with van der Waals surface area (Å²) in [5, 5.41) is 1.17. The van der Waals surface area contributed by atoms with Gasteiger partial charge in [-0.25, -0.2) is 0 Å². The van der Waals surface area contributed by atoms with E-state index in [-0.39, 0.29) is 6.04 Å². The van der Waals surface area contributed by atoms with Crippen LogP contribution in [0.1, 0.15) is 44.1 Å². The van der Waals surface area contributed by atoms with Crippen molar-refractivity contribution in [2.45, 2.75) is 39.2 Å². The second-order valence-electron chi connectivity index (χ2n) is 4.23. The first kappa shape index (κ1) is 11.2. The SMILES string of the molecule is CCCC(N)c1cc2cccc(CC)c2o1. The minimum atomic E-state index is 0.0297. The molecular weight excluding hydrogens is 198 g/mol. The highest BCUT2D eigenvalue weighted by Gasteiger charge is 2.12. The van der Waals surface area contributed by atoms with E-state index in [1.165, 1.54) is 10.9 Å². The fourth-order valence-electron chi connectivity index (χ4n) is 2.06. The first-order chi connectivity index (χ1) is 7.76. The van der Waals surface area contributed by atoms with Crippen molar-refractivity contribution in [3.8, 4) is 0 Å². The molecule has 0 saturated carbocycles. The zero-order valence-electron chi connectivity index (χ0n) is 9.99. The van der Waals surface area contributed by atoms with Crippen molar-refractivity contribution >= 4 is 11.0 Å². The molecule has 1 heterocycles. The fraction of sp³-hybridized carbons (Fsp3) is 0.429. The zero-order valence-corrected chi connectivity index (χ0v) is 9.99. The van der Waals surface area contributed by atoms with Crippen molar-refractivity contribution in [1.82, 2.24) is 0 Å². The highest BCUT2D eigenvalue weighted by atomic mass is 16.3. The third-order valence-electron chi connectivity index (χ3n) is 2.99. The molecule has 2 N–H and O–H groups in total. The lowest BCUT2D eigenvalue weighted by molar-refractivity contribution is 0.474. The van der Waals surface area contributed by atoms with Crippen LogP contribution in [0, 0.1) is 0 Å². The maximum Gasteiger partial charge on any atom is 0.137 e. The minimum Gasteiger partial charge on any atom is -0.459 e. The van der Waals surface area contributed by atoms with Crippen LogP contribution < -0.4 is 5.73 Å². The highest BCUT2D eigenvalue weighted by molar-refractivity contribution is 5.81. The summed E-state index contributed by atoms with van der Waals surface area (Å²) in [6, 6.07) is 8.38. The number of rotatable bonds is 4. The van der Waals surface area contributed by atoms with Gasteiger partial charge in [-0.2, -0.15) is 0 Å². The number of nitrogens with two attached hydrogens (primary N) is 1. The van der Waals surface area contributed by atoms with Crippen LogP contribution in [0.5, 0.6) is 0 Å². The molecule has 1 aromatic carbocycles. The first-order valence-electron chi connectivity index (χ1n) is 6.03. The van der Waals surface area contributed by atoms with Gasteiger partial charge in [-0.15, -0.1) is 0 Å². The van der Waals surface area contributed by atoms with Gasteiger partial charge in [0.25, 0.3) is 0 Å². The monoisotopic (exact) mass is 217 g/mol. The van der Waals surface area contributed by atoms with Crippen LogP contribution in [0.2, 0.25) is 0 Å². The number of fused-ring (bicyclic) bond motifs is 1. The summed E-state index contributed by atoms with van der Waals surface area (Å²) in [7, 11) is 0. The Labute approximate surface area is 96.4 Å². The van der Waals surface area contributed by atoms with Gasteiger partial charge < -0.3 is 10.2 Å². The van der Waals surface area contributed by atoms with Crippen LogP contribution in [0.3, 0.4) is 0 Å². The van der Waals surface area contributed by atoms with Gasteiger partial charge in [-0.3, -0.25) is 0 Å². The molecule has 0 radical (unpaired) electrons. The van der Waals surface area contributed by atoms with Crippen LogP contribution in [0.4, 0.5) is 0 Å². The van der Waals surface area contributed by atoms with E-state index >= 15 is 0 Å². The molecule has 1 aromatic heterocycles. The predicted molar refractivity (Wildman–Crippen MR) is 67.4 cm³/mol. The molecule has 0 amide bonds. The summed E-state index contributed by atoms with van der Waals surface area (Å²) >= 11 is 0. The number of hydrogen-bond donors (Lipinski definition) is 1. The highest BCUT2D eigenvalue weighted by Crippen LogP contribution is 2.27. The average molecular weight is 217 g/mol. The molecule has 0 saturated heterocycles. The van der Waals surface area contributed by atoms with Crippen LogP contribution >= 0.6 is 0 Å². The molecule has 1 atom stereocenters. The van der Waals surface area contributed by atoms with Crippen LogP contribution in [0.25, 0.3) is 11.0 Å². The van der Waals surface area contributed by atoms with E-state index in [0.29, 0.717) is 0 Å². The Morgan fingerprint density at radius 2 is 2.12 bits per heavy atom. The molecular formula is C14H19NO. The number of benzene rings is 1. The minimum absolute atomic E-state index is 0.0297. The fourth-order valence-corrected chi connectivity index (χ4v) is 2.06. The Morgan fingerprint density at radius 3 is 2.81 bits per heavy atom. The van der Waals surface area contributed by atoms with Crippen LogP contribution in [0.15, 0.2) is 28.7 Å². The number of para-hydroxylation sites is 1. The summed E-state index contributed by atoms with van der Waals surface area (Å²) < 4.78 is 5.88. The maximum absolute atomic E-state index is 6.07. The van der Waals surface area contributed by atoms with E-state index in [4.69, 9.17) is 10.2 Å². The molecule has 2 rings (SSSR count). The summed E-state index contributed by atoms with van der Waals surface area (Å²) in [4.78, 5) is 0. The second-order valence-corrected chi connectivity index (χ2v) is 4.23. The Hall–Kier alpha value is -1.28. The van der Waals surface area contributed by atoms with E-state index in [2.05, 4.69) is 38.1 Å². The van der Waals surface area contributed by atoms with Crippen molar-refractivity contribution in [2.75, 3.05) is 0 Å². The number of aryl methyl sites for hydroxylation is 1. The van der Waals surface area contributed by atoms with Gasteiger partial charge in [0, 0.05) is 5.39 Å². The molecule has 86 valence electrons. The summed E-state index contributed by atoms with van der Waals surface area (Å²) in [5.74, 6) is 0.915. The average Bonchev–Trinajstić information content (AvgIpc) is 2.72. The number of hydrogen-bond acceptors (Lipinski definition) is 2. The summed E-state index contributed by atoms with van der Waals surface area (Å²) in [6.07, 6.45) is 3.05. The van der Waals surface area contributed by atoms with E-state index in [0.717, 1.165) is 30.6 Å². The van der Waals surface area contributed by atoms with Crippen molar-refractivity contribution in [2.24, 2.45) is 5.73 Å². The molecule has 2 nitrogen and oxygen atoms in total. The van der Waals surface area contributed by atoms with Gasteiger partial charge in [0.15, 0.2) is 0 Å². The molecule has 2 heteroatoms. The second kappa shape index (κ2) is 4.71. The maximum atomic E-state index is 6.07. The Morgan fingerprint density at radius 1 is 1.31 bits per heavy atom. The lowest BCUT2D eigenvalue weighted by atomic mass is 10.1. The van der Waals surface area contributed by atoms with E-state index in [1.54, 1.807) is 0 Å². The van der Waals surface area contributed by atoms with Crippen molar-refractivity contribution in [1.29, 1.82) is 0 Å². The lowest BCUT2D eigenvalue weighted by Gasteiger charge is -2.05. The molecule has 2 aromatic rings. The smallest absolute Gasteiger partial charge is 0.137 e. The predicted octanol–water partition coefficient (Wildman–Crippen LogP) is 3.80. The van der Waals surface area contributed by atoms with Gasteiger partial charge in [-0.05, 0) is 24.5 Å². The quantitative estimate of drug-likeness (QED) is 0.846. The topological polar surface area (TPSA) is 39.2 Å². The zero-order chi connectivity index (χ0) is 11.5. The van der Waals surface area contributed by atoms with Gasteiger partial charge in [0.05, 0.1) is 6.04 Å². The Balaban J connectivity index is 2.43.